The van der Waals surface area contributed by atoms with Crippen molar-refractivity contribution in [1.29, 1.82) is 0 Å². The third kappa shape index (κ3) is 4.59. The van der Waals surface area contributed by atoms with Crippen molar-refractivity contribution in [2.24, 2.45) is 0 Å². The van der Waals surface area contributed by atoms with Crippen molar-refractivity contribution in [2.45, 2.75) is 28.7 Å². The second kappa shape index (κ2) is 8.75. The molecule has 1 fully saturated rings. The van der Waals surface area contributed by atoms with Crippen LogP contribution >= 0.6 is 11.8 Å². The average molecular weight is 448 g/mol. The number of amides is 1. The number of hydrogen-bond acceptors (Lipinski definition) is 7. The molecule has 1 amide bonds. The Bertz CT molecular complexity index is 1260. The molecule has 5 rings (SSSR count). The van der Waals surface area contributed by atoms with E-state index in [9.17, 15) is 4.79 Å². The normalized spacial score (nSPS) is 13.1. The lowest BCUT2D eigenvalue weighted by atomic mass is 10.3. The summed E-state index contributed by atoms with van der Waals surface area (Å²) in [4.78, 5) is 21.8. The van der Waals surface area contributed by atoms with Crippen LogP contribution in [0.4, 0.5) is 22.2 Å². The number of nitrogens with one attached hydrogen (secondary N) is 3. The number of carbonyl (C=O) groups excluding carboxylic acids is 1. The van der Waals surface area contributed by atoms with E-state index >= 15 is 0 Å². The molecule has 10 heteroatoms. The van der Waals surface area contributed by atoms with E-state index in [-0.39, 0.29) is 6.61 Å². The number of imidazole rings is 1. The standard InChI is InChI=1S/C22H21N7O2S/c1-2-11-31-22(30)24-15-5-7-16(8-6-15)32-20-13-19-23-9-10-29(19)21(26-20)25-18-12-17(27-28-18)14-3-4-14/h2,5-10,12-14H,1,3-4,11H2,(H,24,30)(H2,25,26,27,28). The van der Waals surface area contributed by atoms with E-state index in [0.717, 1.165) is 27.1 Å². The molecule has 4 aromatic rings. The van der Waals surface area contributed by atoms with Gasteiger partial charge in [-0.15, -0.1) is 0 Å². The van der Waals surface area contributed by atoms with Gasteiger partial charge in [0.1, 0.15) is 17.3 Å². The number of hydrogen-bond donors (Lipinski definition) is 3. The van der Waals surface area contributed by atoms with E-state index in [1.54, 1.807) is 6.20 Å². The number of aromatic nitrogens is 5. The Kier molecular flexibility index (Phi) is 5.51. The predicted octanol–water partition coefficient (Wildman–Crippen LogP) is 4.96. The highest BCUT2D eigenvalue weighted by molar-refractivity contribution is 7.99. The van der Waals surface area contributed by atoms with Gasteiger partial charge in [-0.3, -0.25) is 14.8 Å². The van der Waals surface area contributed by atoms with Gasteiger partial charge in [-0.25, -0.2) is 14.8 Å². The van der Waals surface area contributed by atoms with Gasteiger partial charge in [0.25, 0.3) is 0 Å². The third-order valence-corrected chi connectivity index (χ3v) is 5.80. The molecular weight excluding hydrogens is 426 g/mol. The lowest BCUT2D eigenvalue weighted by Gasteiger charge is -2.09. The van der Waals surface area contributed by atoms with Crippen LogP contribution in [-0.2, 0) is 4.74 Å². The lowest BCUT2D eigenvalue weighted by molar-refractivity contribution is 0.174. The molecule has 1 aliphatic rings. The van der Waals surface area contributed by atoms with Crippen LogP contribution in [0, 0.1) is 0 Å². The van der Waals surface area contributed by atoms with Gasteiger partial charge in [-0.2, -0.15) is 5.10 Å². The van der Waals surface area contributed by atoms with Gasteiger partial charge >= 0.3 is 6.09 Å². The highest BCUT2D eigenvalue weighted by Crippen LogP contribution is 2.39. The molecular formula is C22H21N7O2S. The molecule has 1 aromatic carbocycles. The SMILES string of the molecule is C=CCOC(=O)Nc1ccc(Sc2cc3nccn3c(Nc3cc(C4CC4)[nH]n3)n2)cc1. The van der Waals surface area contributed by atoms with Gasteiger partial charge < -0.3 is 10.1 Å². The van der Waals surface area contributed by atoms with Crippen LogP contribution in [0.2, 0.25) is 0 Å². The van der Waals surface area contributed by atoms with Crippen LogP contribution in [0.3, 0.4) is 0 Å². The van der Waals surface area contributed by atoms with Crippen molar-refractivity contribution in [3.63, 3.8) is 0 Å². The lowest BCUT2D eigenvalue weighted by Crippen LogP contribution is -2.13. The van der Waals surface area contributed by atoms with Crippen molar-refractivity contribution < 1.29 is 9.53 Å². The molecule has 3 N–H and O–H groups in total. The first-order valence-electron chi connectivity index (χ1n) is 10.2. The number of rotatable bonds is 8. The zero-order valence-corrected chi connectivity index (χ0v) is 17.9. The van der Waals surface area contributed by atoms with Crippen molar-refractivity contribution in [3.05, 3.63) is 67.1 Å². The number of fused-ring (bicyclic) bond motifs is 1. The van der Waals surface area contributed by atoms with Gasteiger partial charge in [0, 0.05) is 46.7 Å². The average Bonchev–Trinajstić information content (AvgIpc) is 3.34. The van der Waals surface area contributed by atoms with Crippen LogP contribution in [-0.4, -0.2) is 37.3 Å². The Labute approximate surface area is 188 Å². The predicted molar refractivity (Wildman–Crippen MR) is 123 cm³/mol. The summed E-state index contributed by atoms with van der Waals surface area (Å²) < 4.78 is 6.81. The number of H-pyrrole nitrogens is 1. The highest BCUT2D eigenvalue weighted by Gasteiger charge is 2.25. The third-order valence-electron chi connectivity index (χ3n) is 4.88. The van der Waals surface area contributed by atoms with Crippen molar-refractivity contribution >= 4 is 41.0 Å². The summed E-state index contributed by atoms with van der Waals surface area (Å²) in [5.41, 5.74) is 2.58. The largest absolute Gasteiger partial charge is 0.445 e. The molecule has 32 heavy (non-hydrogen) atoms. The van der Waals surface area contributed by atoms with Crippen LogP contribution in [0.15, 0.2) is 71.4 Å². The van der Waals surface area contributed by atoms with Gasteiger partial charge in [0.05, 0.1) is 0 Å². The minimum atomic E-state index is -0.518. The number of anilines is 3. The van der Waals surface area contributed by atoms with Gasteiger partial charge in [0.15, 0.2) is 5.82 Å². The van der Waals surface area contributed by atoms with E-state index in [0.29, 0.717) is 17.6 Å². The highest BCUT2D eigenvalue weighted by atomic mass is 32.2. The molecule has 1 aliphatic carbocycles. The first kappa shape index (κ1) is 20.1. The molecule has 0 atom stereocenters. The number of benzene rings is 1. The smallest absolute Gasteiger partial charge is 0.411 e. The summed E-state index contributed by atoms with van der Waals surface area (Å²) in [5.74, 6) is 1.97. The zero-order valence-electron chi connectivity index (χ0n) is 17.1. The molecule has 9 nitrogen and oxygen atoms in total. The maximum atomic E-state index is 11.7. The van der Waals surface area contributed by atoms with Gasteiger partial charge in [0.2, 0.25) is 5.95 Å². The van der Waals surface area contributed by atoms with Gasteiger partial charge in [-0.05, 0) is 37.1 Å². The quantitative estimate of drug-likeness (QED) is 0.259. The maximum absolute atomic E-state index is 11.7. The Balaban J connectivity index is 1.31. The molecule has 3 aromatic heterocycles. The molecule has 0 radical (unpaired) electrons. The van der Waals surface area contributed by atoms with Crippen molar-refractivity contribution in [1.82, 2.24) is 24.6 Å². The first-order chi connectivity index (χ1) is 15.7. The molecule has 0 saturated heterocycles. The second-order valence-corrected chi connectivity index (χ2v) is 8.41. The summed E-state index contributed by atoms with van der Waals surface area (Å²) in [6.45, 7) is 3.68. The van der Waals surface area contributed by atoms with E-state index in [2.05, 4.69) is 32.4 Å². The van der Waals surface area contributed by atoms with Crippen LogP contribution in [0.25, 0.3) is 5.65 Å². The summed E-state index contributed by atoms with van der Waals surface area (Å²) >= 11 is 1.50. The summed E-state index contributed by atoms with van der Waals surface area (Å²) in [6.07, 6.45) is 7.02. The topological polar surface area (TPSA) is 109 Å². The van der Waals surface area contributed by atoms with E-state index in [4.69, 9.17) is 9.72 Å². The molecule has 3 heterocycles. The Morgan fingerprint density at radius 3 is 2.94 bits per heavy atom. The maximum Gasteiger partial charge on any atom is 0.411 e. The van der Waals surface area contributed by atoms with E-state index < -0.39 is 6.09 Å². The van der Waals surface area contributed by atoms with Gasteiger partial charge in [-0.1, -0.05) is 24.4 Å². The summed E-state index contributed by atoms with van der Waals surface area (Å²) in [7, 11) is 0. The fourth-order valence-corrected chi connectivity index (χ4v) is 3.99. The number of nitrogens with zero attached hydrogens (tertiary/aromatic N) is 4. The fraction of sp³-hybridized carbons (Fsp3) is 0.182. The molecule has 162 valence electrons. The fourth-order valence-electron chi connectivity index (χ4n) is 3.18. The second-order valence-electron chi connectivity index (χ2n) is 7.32. The van der Waals surface area contributed by atoms with Crippen molar-refractivity contribution in [2.75, 3.05) is 17.2 Å². The van der Waals surface area contributed by atoms with Crippen molar-refractivity contribution in [3.8, 4) is 0 Å². The Morgan fingerprint density at radius 1 is 1.31 bits per heavy atom. The monoisotopic (exact) mass is 447 g/mol. The molecule has 0 aliphatic heterocycles. The van der Waals surface area contributed by atoms with E-state index in [1.807, 2.05) is 47.0 Å². The number of ether oxygens (including phenoxy) is 1. The molecule has 0 bridgehead atoms. The minimum absolute atomic E-state index is 0.165. The number of aromatic amines is 1. The summed E-state index contributed by atoms with van der Waals surface area (Å²) in [5, 5.41) is 14.2. The minimum Gasteiger partial charge on any atom is -0.445 e. The Hall–Kier alpha value is -3.79. The van der Waals surface area contributed by atoms with E-state index in [1.165, 1.54) is 30.7 Å². The summed E-state index contributed by atoms with van der Waals surface area (Å²) in [6, 6.07) is 11.4. The Morgan fingerprint density at radius 2 is 2.16 bits per heavy atom. The molecule has 0 spiro atoms. The zero-order chi connectivity index (χ0) is 21.9. The van der Waals surface area contributed by atoms with Crippen LogP contribution in [0.5, 0.6) is 0 Å². The van der Waals surface area contributed by atoms with Crippen LogP contribution in [0.1, 0.15) is 24.5 Å². The van der Waals surface area contributed by atoms with Crippen LogP contribution < -0.4 is 10.6 Å². The molecule has 1 saturated carbocycles. The number of carbonyl (C=O) groups is 1. The molecule has 0 unspecified atom stereocenters. The first-order valence-corrected chi connectivity index (χ1v) is 11.0.